The Kier molecular flexibility index (Phi) is 4.15. The van der Waals surface area contributed by atoms with Crippen LogP contribution < -0.4 is 5.56 Å². The van der Waals surface area contributed by atoms with Crippen molar-refractivity contribution in [2.24, 2.45) is 5.92 Å². The van der Waals surface area contributed by atoms with Gasteiger partial charge in [0.05, 0.1) is 18.3 Å². The first kappa shape index (κ1) is 16.1. The van der Waals surface area contributed by atoms with Crippen LogP contribution in [-0.4, -0.2) is 9.55 Å². The summed E-state index contributed by atoms with van der Waals surface area (Å²) in [6.07, 6.45) is 4.79. The average Bonchev–Trinajstić information content (AvgIpc) is 2.90. The largest absolute Gasteiger partial charge is 0.294 e. The summed E-state index contributed by atoms with van der Waals surface area (Å²) in [7, 11) is 0. The third kappa shape index (κ3) is 2.77. The molecule has 0 bridgehead atoms. The van der Waals surface area contributed by atoms with Gasteiger partial charge >= 0.3 is 0 Å². The van der Waals surface area contributed by atoms with E-state index in [2.05, 4.69) is 11.9 Å². The van der Waals surface area contributed by atoms with Crippen molar-refractivity contribution in [1.29, 1.82) is 0 Å². The van der Waals surface area contributed by atoms with Gasteiger partial charge in [0.15, 0.2) is 0 Å². The highest BCUT2D eigenvalue weighted by Gasteiger charge is 2.23. The van der Waals surface area contributed by atoms with Crippen LogP contribution in [0.2, 0.25) is 10.0 Å². The van der Waals surface area contributed by atoms with Crippen molar-refractivity contribution >= 4 is 44.8 Å². The van der Waals surface area contributed by atoms with E-state index in [1.54, 1.807) is 34.4 Å². The lowest BCUT2D eigenvalue weighted by molar-refractivity contribution is 0.509. The van der Waals surface area contributed by atoms with E-state index in [0.29, 0.717) is 22.5 Å². The highest BCUT2D eigenvalue weighted by Crippen LogP contribution is 2.35. The fourth-order valence-corrected chi connectivity index (χ4v) is 5.12. The third-order valence-electron chi connectivity index (χ3n) is 4.64. The highest BCUT2D eigenvalue weighted by molar-refractivity contribution is 7.18. The van der Waals surface area contributed by atoms with Crippen LogP contribution in [-0.2, 0) is 19.4 Å². The third-order valence-corrected chi connectivity index (χ3v) is 6.39. The van der Waals surface area contributed by atoms with E-state index in [9.17, 15) is 4.79 Å². The molecule has 2 heterocycles. The van der Waals surface area contributed by atoms with Crippen LogP contribution in [0.5, 0.6) is 0 Å². The smallest absolute Gasteiger partial charge is 0.262 e. The van der Waals surface area contributed by atoms with Gasteiger partial charge in [0, 0.05) is 14.9 Å². The Labute approximate surface area is 153 Å². The summed E-state index contributed by atoms with van der Waals surface area (Å²) >= 11 is 13.9. The molecule has 0 radical (unpaired) electrons. The summed E-state index contributed by atoms with van der Waals surface area (Å²) in [6, 6.07) is 5.34. The number of benzene rings is 1. The summed E-state index contributed by atoms with van der Waals surface area (Å²) in [5.41, 5.74) is 2.10. The standard InChI is InChI=1S/C18H16Cl2N2OS/c1-10-2-5-13-15(6-10)24-17-16(13)18(23)22(9-21-17)8-11-3-4-12(19)7-14(11)20/h3-4,7,9-10H,2,5-6,8H2,1H3/t10-/m0/s1. The normalized spacial score (nSPS) is 17.2. The van der Waals surface area contributed by atoms with E-state index in [1.165, 1.54) is 10.4 Å². The van der Waals surface area contributed by atoms with Crippen LogP contribution >= 0.6 is 34.5 Å². The maximum Gasteiger partial charge on any atom is 0.262 e. The van der Waals surface area contributed by atoms with Crippen LogP contribution in [0.15, 0.2) is 29.3 Å². The zero-order valence-corrected chi connectivity index (χ0v) is 15.5. The predicted molar refractivity (Wildman–Crippen MR) is 101 cm³/mol. The van der Waals surface area contributed by atoms with E-state index < -0.39 is 0 Å². The van der Waals surface area contributed by atoms with Crippen molar-refractivity contribution in [3.8, 4) is 0 Å². The summed E-state index contributed by atoms with van der Waals surface area (Å²) in [4.78, 5) is 19.7. The van der Waals surface area contributed by atoms with Crippen molar-refractivity contribution < 1.29 is 0 Å². The summed E-state index contributed by atoms with van der Waals surface area (Å²) in [5, 5.41) is 1.95. The average molecular weight is 379 g/mol. The van der Waals surface area contributed by atoms with Gasteiger partial charge in [0.1, 0.15) is 4.83 Å². The maximum absolute atomic E-state index is 13.0. The van der Waals surface area contributed by atoms with E-state index in [-0.39, 0.29) is 5.56 Å². The molecule has 3 nitrogen and oxygen atoms in total. The van der Waals surface area contributed by atoms with Crippen molar-refractivity contribution in [2.75, 3.05) is 0 Å². The van der Waals surface area contributed by atoms with E-state index in [0.717, 1.165) is 35.0 Å². The Balaban J connectivity index is 1.80. The SMILES string of the molecule is C[C@H]1CCc2c(sc3ncn(Cc4ccc(Cl)cc4Cl)c(=O)c23)C1. The number of fused-ring (bicyclic) bond motifs is 3. The molecule has 3 aromatic rings. The van der Waals surface area contributed by atoms with Crippen LogP contribution in [0, 0.1) is 5.92 Å². The Morgan fingerprint density at radius 3 is 3.00 bits per heavy atom. The van der Waals surface area contributed by atoms with Gasteiger partial charge < -0.3 is 0 Å². The molecule has 0 aliphatic heterocycles. The Hall–Kier alpha value is -1.36. The molecule has 4 rings (SSSR count). The highest BCUT2D eigenvalue weighted by atomic mass is 35.5. The molecule has 0 N–H and O–H groups in total. The lowest BCUT2D eigenvalue weighted by Gasteiger charge is -2.17. The van der Waals surface area contributed by atoms with Crippen molar-refractivity contribution in [2.45, 2.75) is 32.7 Å². The van der Waals surface area contributed by atoms with Gasteiger partial charge in [-0.15, -0.1) is 11.3 Å². The first-order valence-electron chi connectivity index (χ1n) is 7.96. The summed E-state index contributed by atoms with van der Waals surface area (Å²) < 4.78 is 1.64. The Morgan fingerprint density at radius 1 is 1.38 bits per heavy atom. The molecule has 124 valence electrons. The van der Waals surface area contributed by atoms with Crippen molar-refractivity contribution in [3.63, 3.8) is 0 Å². The van der Waals surface area contributed by atoms with Gasteiger partial charge in [-0.05, 0) is 48.4 Å². The quantitative estimate of drug-likeness (QED) is 0.632. The van der Waals surface area contributed by atoms with Gasteiger partial charge in [-0.1, -0.05) is 36.2 Å². The van der Waals surface area contributed by atoms with E-state index >= 15 is 0 Å². The van der Waals surface area contributed by atoms with Gasteiger partial charge in [-0.2, -0.15) is 0 Å². The minimum absolute atomic E-state index is 0.0260. The van der Waals surface area contributed by atoms with Gasteiger partial charge in [0.25, 0.3) is 5.56 Å². The van der Waals surface area contributed by atoms with Crippen LogP contribution in [0.4, 0.5) is 0 Å². The number of hydrogen-bond donors (Lipinski definition) is 0. The molecule has 1 aliphatic rings. The lowest BCUT2D eigenvalue weighted by atomic mass is 9.89. The predicted octanol–water partition coefficient (Wildman–Crippen LogP) is 4.94. The second-order valence-corrected chi connectivity index (χ2v) is 8.37. The summed E-state index contributed by atoms with van der Waals surface area (Å²) in [5.74, 6) is 0.681. The second-order valence-electron chi connectivity index (χ2n) is 6.45. The topological polar surface area (TPSA) is 34.9 Å². The fraction of sp³-hybridized carbons (Fsp3) is 0.333. The number of aryl methyl sites for hydroxylation is 1. The molecular formula is C18H16Cl2N2OS. The summed E-state index contributed by atoms with van der Waals surface area (Å²) in [6.45, 7) is 2.67. The molecule has 1 aromatic carbocycles. The zero-order valence-electron chi connectivity index (χ0n) is 13.2. The number of nitrogens with zero attached hydrogens (tertiary/aromatic N) is 2. The van der Waals surface area contributed by atoms with Crippen LogP contribution in [0.3, 0.4) is 0 Å². The number of aromatic nitrogens is 2. The Bertz CT molecular complexity index is 993. The molecule has 24 heavy (non-hydrogen) atoms. The van der Waals surface area contributed by atoms with Gasteiger partial charge in [-0.25, -0.2) is 4.98 Å². The van der Waals surface area contributed by atoms with Crippen LogP contribution in [0.1, 0.15) is 29.3 Å². The molecule has 0 saturated heterocycles. The lowest BCUT2D eigenvalue weighted by Crippen LogP contribution is -2.22. The molecule has 0 spiro atoms. The molecule has 1 aliphatic carbocycles. The van der Waals surface area contributed by atoms with E-state index in [4.69, 9.17) is 23.2 Å². The molecule has 0 saturated carbocycles. The van der Waals surface area contributed by atoms with Gasteiger partial charge in [-0.3, -0.25) is 9.36 Å². The monoisotopic (exact) mass is 378 g/mol. The van der Waals surface area contributed by atoms with E-state index in [1.807, 2.05) is 6.07 Å². The second kappa shape index (κ2) is 6.17. The number of halogens is 2. The first-order chi connectivity index (χ1) is 11.5. The van der Waals surface area contributed by atoms with Crippen molar-refractivity contribution in [1.82, 2.24) is 9.55 Å². The minimum Gasteiger partial charge on any atom is -0.294 e. The maximum atomic E-state index is 13.0. The van der Waals surface area contributed by atoms with Crippen LogP contribution in [0.25, 0.3) is 10.2 Å². The molecule has 1 atom stereocenters. The minimum atomic E-state index is 0.0260. The number of thiophene rings is 1. The van der Waals surface area contributed by atoms with Crippen molar-refractivity contribution in [3.05, 3.63) is 60.9 Å². The fourth-order valence-electron chi connectivity index (χ4n) is 3.31. The Morgan fingerprint density at radius 2 is 2.21 bits per heavy atom. The number of hydrogen-bond acceptors (Lipinski definition) is 3. The molecule has 0 amide bonds. The molecular weight excluding hydrogens is 363 g/mol. The zero-order chi connectivity index (χ0) is 16.8. The molecule has 6 heteroatoms. The molecule has 0 fully saturated rings. The van der Waals surface area contributed by atoms with Gasteiger partial charge in [0.2, 0.25) is 0 Å². The first-order valence-corrected chi connectivity index (χ1v) is 9.54. The molecule has 2 aromatic heterocycles. The molecule has 0 unspecified atom stereocenters. The number of rotatable bonds is 2.